The van der Waals surface area contributed by atoms with Crippen LogP contribution in [0.15, 0.2) is 23.9 Å². The summed E-state index contributed by atoms with van der Waals surface area (Å²) in [5.74, 6) is 1.33. The first kappa shape index (κ1) is 16.8. The van der Waals surface area contributed by atoms with Crippen LogP contribution in [0.4, 0.5) is 5.69 Å². The average Bonchev–Trinajstić information content (AvgIpc) is 2.37. The topological polar surface area (TPSA) is 24.5 Å². The number of nitrogens with zero attached hydrogens (tertiary/aromatic N) is 1. The van der Waals surface area contributed by atoms with Crippen molar-refractivity contribution in [3.8, 4) is 5.75 Å². The third-order valence-electron chi connectivity index (χ3n) is 3.97. The molecule has 4 heteroatoms. The third kappa shape index (κ3) is 3.12. The molecule has 0 radical (unpaired) electrons. The molecule has 1 aromatic rings. The van der Waals surface area contributed by atoms with Crippen molar-refractivity contribution in [2.24, 2.45) is 0 Å². The Hall–Kier alpha value is -1.55. The van der Waals surface area contributed by atoms with Crippen LogP contribution < -0.4 is 15.0 Å². The smallest absolute Gasteiger partial charge is 0.178 e. The van der Waals surface area contributed by atoms with Gasteiger partial charge in [-0.1, -0.05) is 13.8 Å². The van der Waals surface area contributed by atoms with Crippen molar-refractivity contribution in [3.05, 3.63) is 35.0 Å². The summed E-state index contributed by atoms with van der Waals surface area (Å²) in [5, 5.41) is 4.13. The molecule has 1 aliphatic heterocycles. The Balaban J connectivity index is 2.57. The number of allylic oxidation sites excluding steroid dienone is 1. The Morgan fingerprint density at radius 3 is 2.36 bits per heavy atom. The molecule has 0 saturated heterocycles. The monoisotopic (exact) mass is 318 g/mol. The highest BCUT2D eigenvalue weighted by molar-refractivity contribution is 7.80. The van der Waals surface area contributed by atoms with Gasteiger partial charge in [0, 0.05) is 5.70 Å². The van der Waals surface area contributed by atoms with Crippen LogP contribution in [0.5, 0.6) is 5.75 Å². The van der Waals surface area contributed by atoms with Crippen LogP contribution in [0.25, 0.3) is 0 Å². The van der Waals surface area contributed by atoms with Gasteiger partial charge in [-0.25, -0.2) is 0 Å². The Kier molecular flexibility index (Phi) is 4.52. The fourth-order valence-electron chi connectivity index (χ4n) is 2.97. The number of aryl methyl sites for hydroxylation is 1. The molecular formula is C18H26N2OS. The number of methoxy groups -OCH3 is 1. The number of nitrogens with one attached hydrogen (secondary N) is 1. The molecule has 0 atom stereocenters. The van der Waals surface area contributed by atoms with E-state index in [0.717, 1.165) is 27.8 Å². The molecule has 22 heavy (non-hydrogen) atoms. The van der Waals surface area contributed by atoms with Crippen molar-refractivity contribution in [2.45, 2.75) is 53.0 Å². The molecule has 0 saturated carbocycles. The van der Waals surface area contributed by atoms with Gasteiger partial charge in [0.2, 0.25) is 0 Å². The summed E-state index contributed by atoms with van der Waals surface area (Å²) in [5.41, 5.74) is 4.50. The zero-order chi connectivity index (χ0) is 16.7. The van der Waals surface area contributed by atoms with Gasteiger partial charge in [-0.15, -0.1) is 0 Å². The number of rotatable bonds is 3. The Bertz CT molecular complexity index is 632. The molecule has 0 unspecified atom stereocenters. The zero-order valence-electron chi connectivity index (χ0n) is 14.6. The van der Waals surface area contributed by atoms with Gasteiger partial charge in [0.05, 0.1) is 18.3 Å². The van der Waals surface area contributed by atoms with Gasteiger partial charge in [-0.2, -0.15) is 0 Å². The van der Waals surface area contributed by atoms with Crippen molar-refractivity contribution in [3.63, 3.8) is 0 Å². The fourth-order valence-corrected chi connectivity index (χ4v) is 3.47. The lowest BCUT2D eigenvalue weighted by Crippen LogP contribution is -2.53. The first-order valence-electron chi connectivity index (χ1n) is 7.66. The summed E-state index contributed by atoms with van der Waals surface area (Å²) in [6.07, 6.45) is 2.21. The van der Waals surface area contributed by atoms with E-state index < -0.39 is 0 Å². The van der Waals surface area contributed by atoms with E-state index in [0.29, 0.717) is 5.92 Å². The molecule has 3 nitrogen and oxygen atoms in total. The molecule has 0 amide bonds. The number of anilines is 1. The van der Waals surface area contributed by atoms with E-state index in [1.54, 1.807) is 7.11 Å². The van der Waals surface area contributed by atoms with Crippen LogP contribution in [0.1, 0.15) is 51.7 Å². The second-order valence-electron chi connectivity index (χ2n) is 6.81. The fraction of sp³-hybridized carbons (Fsp3) is 0.500. The van der Waals surface area contributed by atoms with Crippen LogP contribution in [-0.2, 0) is 0 Å². The number of ether oxygens (including phenoxy) is 1. The van der Waals surface area contributed by atoms with E-state index in [1.165, 1.54) is 5.56 Å². The Labute approximate surface area is 139 Å². The predicted octanol–water partition coefficient (Wildman–Crippen LogP) is 4.50. The van der Waals surface area contributed by atoms with Crippen molar-refractivity contribution < 1.29 is 4.74 Å². The summed E-state index contributed by atoms with van der Waals surface area (Å²) in [6.45, 7) is 12.8. The maximum absolute atomic E-state index is 5.61. The molecule has 1 aliphatic rings. The highest BCUT2D eigenvalue weighted by atomic mass is 32.1. The summed E-state index contributed by atoms with van der Waals surface area (Å²) >= 11 is 5.61. The third-order valence-corrected chi connectivity index (χ3v) is 4.25. The van der Waals surface area contributed by atoms with E-state index in [9.17, 15) is 0 Å². The molecule has 0 fully saturated rings. The van der Waals surface area contributed by atoms with Crippen LogP contribution in [-0.4, -0.2) is 17.8 Å². The maximum Gasteiger partial charge on any atom is 0.178 e. The molecule has 1 aromatic carbocycles. The lowest BCUT2D eigenvalue weighted by atomic mass is 9.97. The highest BCUT2D eigenvalue weighted by Gasteiger charge is 2.29. The minimum absolute atomic E-state index is 0.112. The number of hydrogen-bond donors (Lipinski definition) is 1. The lowest BCUT2D eigenvalue weighted by Gasteiger charge is -2.39. The Morgan fingerprint density at radius 2 is 1.86 bits per heavy atom. The largest absolute Gasteiger partial charge is 0.496 e. The van der Waals surface area contributed by atoms with Crippen LogP contribution >= 0.6 is 12.2 Å². The van der Waals surface area contributed by atoms with Gasteiger partial charge in [0.25, 0.3) is 0 Å². The zero-order valence-corrected chi connectivity index (χ0v) is 15.4. The normalized spacial score (nSPS) is 17.4. The van der Waals surface area contributed by atoms with E-state index in [4.69, 9.17) is 17.0 Å². The van der Waals surface area contributed by atoms with E-state index in [-0.39, 0.29) is 5.54 Å². The molecule has 1 N–H and O–H groups in total. The average molecular weight is 318 g/mol. The molecular weight excluding hydrogens is 292 g/mol. The molecule has 0 spiro atoms. The van der Waals surface area contributed by atoms with E-state index in [2.05, 4.69) is 70.0 Å². The second kappa shape index (κ2) is 5.92. The van der Waals surface area contributed by atoms with Crippen LogP contribution in [0.2, 0.25) is 0 Å². The van der Waals surface area contributed by atoms with Gasteiger partial charge < -0.3 is 10.1 Å². The molecule has 0 bridgehead atoms. The summed E-state index contributed by atoms with van der Waals surface area (Å²) in [6, 6.07) is 4.29. The maximum atomic E-state index is 5.61. The summed E-state index contributed by atoms with van der Waals surface area (Å²) in [4.78, 5) is 2.11. The predicted molar refractivity (Wildman–Crippen MR) is 97.9 cm³/mol. The molecule has 0 aromatic heterocycles. The van der Waals surface area contributed by atoms with Crippen LogP contribution in [0, 0.1) is 6.92 Å². The van der Waals surface area contributed by atoms with Crippen LogP contribution in [0.3, 0.4) is 0 Å². The standard InChI is InChI=1S/C18H26N2OS/c1-11(2)14-9-15(12(3)8-16(14)21-7)20-13(4)10-18(5,6)19-17(20)22/h8-11H,1-7H3,(H,19,22). The van der Waals surface area contributed by atoms with Crippen molar-refractivity contribution in [1.82, 2.24) is 5.32 Å². The SMILES string of the molecule is COc1cc(C)c(N2C(=S)NC(C)(C)C=C2C)cc1C(C)C. The summed E-state index contributed by atoms with van der Waals surface area (Å²) in [7, 11) is 1.72. The van der Waals surface area contributed by atoms with Crippen molar-refractivity contribution in [2.75, 3.05) is 12.0 Å². The van der Waals surface area contributed by atoms with Gasteiger partial charge in [-0.3, -0.25) is 4.90 Å². The number of thiocarbonyl (C=S) groups is 1. The molecule has 0 aliphatic carbocycles. The van der Waals surface area contributed by atoms with Gasteiger partial charge >= 0.3 is 0 Å². The minimum Gasteiger partial charge on any atom is -0.496 e. The Morgan fingerprint density at radius 1 is 1.23 bits per heavy atom. The minimum atomic E-state index is -0.112. The van der Waals surface area contributed by atoms with Gasteiger partial charge in [0.15, 0.2) is 5.11 Å². The van der Waals surface area contributed by atoms with E-state index in [1.807, 2.05) is 0 Å². The first-order chi connectivity index (χ1) is 10.2. The highest BCUT2D eigenvalue weighted by Crippen LogP contribution is 2.36. The van der Waals surface area contributed by atoms with Gasteiger partial charge in [0.1, 0.15) is 5.75 Å². The summed E-state index contributed by atoms with van der Waals surface area (Å²) < 4.78 is 5.53. The van der Waals surface area contributed by atoms with Gasteiger partial charge in [-0.05, 0) is 75.2 Å². The number of hydrogen-bond acceptors (Lipinski definition) is 2. The van der Waals surface area contributed by atoms with Crippen molar-refractivity contribution in [1.29, 1.82) is 0 Å². The second-order valence-corrected chi connectivity index (χ2v) is 7.20. The molecule has 120 valence electrons. The quantitative estimate of drug-likeness (QED) is 0.829. The first-order valence-corrected chi connectivity index (χ1v) is 8.07. The lowest BCUT2D eigenvalue weighted by molar-refractivity contribution is 0.407. The van der Waals surface area contributed by atoms with E-state index >= 15 is 0 Å². The molecule has 2 rings (SSSR count). The molecule has 1 heterocycles. The van der Waals surface area contributed by atoms with Crippen molar-refractivity contribution >= 4 is 23.0 Å². The number of benzene rings is 1.